The number of pyridine rings is 1. The number of aromatic nitrogens is 1. The van der Waals surface area contributed by atoms with Gasteiger partial charge in [-0.2, -0.15) is 0 Å². The highest BCUT2D eigenvalue weighted by Gasteiger charge is 2.36. The molecule has 284 valence electrons. The molecule has 52 heavy (non-hydrogen) atoms. The van der Waals surface area contributed by atoms with Crippen molar-refractivity contribution in [1.82, 2.24) is 31.7 Å². The van der Waals surface area contributed by atoms with Gasteiger partial charge in [0, 0.05) is 38.2 Å². The number of anilines is 1. The lowest BCUT2D eigenvalue weighted by molar-refractivity contribution is -0.142. The van der Waals surface area contributed by atoms with Gasteiger partial charge in [0.15, 0.2) is 5.96 Å². The number of ether oxygens (including phenoxy) is 1. The summed E-state index contributed by atoms with van der Waals surface area (Å²) < 4.78 is 5.83. The van der Waals surface area contributed by atoms with Crippen molar-refractivity contribution in [3.8, 4) is 5.75 Å². The van der Waals surface area contributed by atoms with E-state index >= 15 is 0 Å². The molecule has 0 saturated heterocycles. The number of benzene rings is 1. The van der Waals surface area contributed by atoms with E-state index in [9.17, 15) is 29.2 Å². The lowest BCUT2D eigenvalue weighted by Crippen LogP contribution is -2.56. The Morgan fingerprint density at radius 1 is 1.06 bits per heavy atom. The first-order valence-electron chi connectivity index (χ1n) is 17.2. The maximum Gasteiger partial charge on any atom is 0.252 e. The minimum absolute atomic E-state index is 0.00714. The van der Waals surface area contributed by atoms with E-state index in [1.54, 1.807) is 29.7 Å². The molecule has 0 aliphatic carbocycles. The summed E-state index contributed by atoms with van der Waals surface area (Å²) >= 11 is 0. The second kappa shape index (κ2) is 21.0. The highest BCUT2D eigenvalue weighted by molar-refractivity contribution is 5.95. The number of aliphatic imine (C=N–C) groups is 1. The van der Waals surface area contributed by atoms with Crippen molar-refractivity contribution in [1.29, 1.82) is 0 Å². The summed E-state index contributed by atoms with van der Waals surface area (Å²) in [7, 11) is 0. The molecule has 4 atom stereocenters. The number of amides is 5. The molecule has 4 rings (SSSR count). The molecule has 3 heterocycles. The van der Waals surface area contributed by atoms with Crippen molar-refractivity contribution in [2.45, 2.75) is 64.5 Å². The summed E-state index contributed by atoms with van der Waals surface area (Å²) in [6.45, 7) is 4.44. The summed E-state index contributed by atoms with van der Waals surface area (Å²) in [5.41, 5.74) is 16.0. The number of hydrazine groups is 1. The van der Waals surface area contributed by atoms with Crippen LogP contribution in [0.4, 0.5) is 5.82 Å². The van der Waals surface area contributed by atoms with E-state index in [1.165, 1.54) is 18.3 Å². The van der Waals surface area contributed by atoms with Gasteiger partial charge in [-0.15, -0.1) is 0 Å². The lowest BCUT2D eigenvalue weighted by atomic mass is 9.81. The van der Waals surface area contributed by atoms with Crippen molar-refractivity contribution < 1.29 is 33.9 Å². The quantitative estimate of drug-likeness (QED) is 0.0276. The van der Waals surface area contributed by atoms with E-state index in [2.05, 4.69) is 36.7 Å². The van der Waals surface area contributed by atoms with Crippen molar-refractivity contribution in [2.75, 3.05) is 31.7 Å². The van der Waals surface area contributed by atoms with Gasteiger partial charge in [0.1, 0.15) is 23.7 Å². The topological polar surface area (TPSA) is 290 Å². The molecule has 18 nitrogen and oxygen atoms in total. The first-order valence-corrected chi connectivity index (χ1v) is 17.2. The van der Waals surface area contributed by atoms with Gasteiger partial charge in [0.05, 0.1) is 18.1 Å². The van der Waals surface area contributed by atoms with E-state index in [4.69, 9.17) is 22.0 Å². The van der Waals surface area contributed by atoms with Gasteiger partial charge in [-0.05, 0) is 67.9 Å². The second-order valence-corrected chi connectivity index (χ2v) is 12.9. The fourth-order valence-electron chi connectivity index (χ4n) is 5.74. The Kier molecular flexibility index (Phi) is 16.5. The molecule has 1 aromatic carbocycles. The van der Waals surface area contributed by atoms with Gasteiger partial charge in [-0.25, -0.2) is 16.3 Å². The highest BCUT2D eigenvalue weighted by atomic mass is 16.5. The van der Waals surface area contributed by atoms with Crippen LogP contribution in [0.1, 0.15) is 61.9 Å². The Morgan fingerprint density at radius 3 is 2.42 bits per heavy atom. The third kappa shape index (κ3) is 13.3. The third-order valence-electron chi connectivity index (χ3n) is 8.38. The third-order valence-corrected chi connectivity index (χ3v) is 8.38. The Morgan fingerprint density at radius 2 is 1.79 bits per heavy atom. The number of nitrogens with two attached hydrogens (primary N) is 3. The molecule has 0 spiro atoms. The van der Waals surface area contributed by atoms with Gasteiger partial charge in [-0.1, -0.05) is 26.0 Å². The average Bonchev–Trinajstić information content (AvgIpc) is 3.13. The molecule has 2 bridgehead atoms. The first kappa shape index (κ1) is 40.9. The molecule has 13 N–H and O–H groups in total. The molecule has 2 aliphatic rings. The number of nitrogens with one attached hydrogen (secondary N) is 6. The normalized spacial score (nSPS) is 18.1. The average molecular weight is 726 g/mol. The van der Waals surface area contributed by atoms with Crippen LogP contribution in [0.5, 0.6) is 5.75 Å². The highest BCUT2D eigenvalue weighted by Crippen LogP contribution is 2.27. The van der Waals surface area contributed by atoms with E-state index in [1.807, 2.05) is 13.8 Å². The van der Waals surface area contributed by atoms with Crippen LogP contribution >= 0.6 is 0 Å². The fraction of sp³-hybridized carbons (Fsp3) is 0.500. The summed E-state index contributed by atoms with van der Waals surface area (Å²) in [4.78, 5) is 74.6. The molecule has 0 saturated carbocycles. The number of carbonyl (C=O) groups is 5. The number of nitrogens with zero attached hydrogens (tertiary/aromatic N) is 2. The standard InChI is InChI=1S/C34H51N11O7/c1-20(2)17-25-24(31(48)45-51)5-4-16-52-23-10-7-21(8-11-23)18-27(43-30(25)47)33(50)42-26(6-3-13-40-34(35)36)32(49)39-15-14-38-29(46)22-9-12-28(44-37)41-19-22/h7-12,19-20,24-27,51H,3-6,13-18,37H2,1-2H3,(H,38,46)(H,39,49)(H,41,44)(H,42,50)(H,43,47)(H,45,48)(H4,35,36,40)/t24-,25+,26-,27?/m0/s1. The Balaban J connectivity index is 1.79. The molecule has 0 fully saturated rings. The molecule has 5 amide bonds. The molecule has 2 aromatic rings. The molecule has 0 radical (unpaired) electrons. The molecule has 1 unspecified atom stereocenters. The van der Waals surface area contributed by atoms with Crippen LogP contribution in [-0.4, -0.2) is 84.0 Å². The number of rotatable bonds is 15. The van der Waals surface area contributed by atoms with E-state index in [-0.39, 0.29) is 50.8 Å². The molecular formula is C34H51N11O7. The van der Waals surface area contributed by atoms with Gasteiger partial charge < -0.3 is 42.9 Å². The fourth-order valence-corrected chi connectivity index (χ4v) is 5.74. The van der Waals surface area contributed by atoms with E-state index in [0.717, 1.165) is 0 Å². The largest absolute Gasteiger partial charge is 0.494 e. The minimum Gasteiger partial charge on any atom is -0.494 e. The van der Waals surface area contributed by atoms with Crippen LogP contribution in [0, 0.1) is 17.8 Å². The minimum atomic E-state index is -1.14. The number of fused-ring (bicyclic) bond motifs is 11. The number of guanidine groups is 1. The van der Waals surface area contributed by atoms with Crippen LogP contribution in [0.15, 0.2) is 47.6 Å². The molecule has 2 aliphatic heterocycles. The van der Waals surface area contributed by atoms with Crippen LogP contribution in [0.25, 0.3) is 0 Å². The van der Waals surface area contributed by atoms with Crippen molar-refractivity contribution >= 4 is 41.3 Å². The number of nitrogen functional groups attached to an aromatic ring is 1. The van der Waals surface area contributed by atoms with E-state index < -0.39 is 53.5 Å². The van der Waals surface area contributed by atoms with Crippen LogP contribution in [0.3, 0.4) is 0 Å². The maximum atomic E-state index is 14.0. The Hall–Kier alpha value is -5.49. The molecule has 18 heteroatoms. The smallest absolute Gasteiger partial charge is 0.252 e. The summed E-state index contributed by atoms with van der Waals surface area (Å²) in [6.07, 6.45) is 2.89. The zero-order chi connectivity index (χ0) is 38.0. The number of hydrogen-bond acceptors (Lipinski definition) is 11. The van der Waals surface area contributed by atoms with Crippen molar-refractivity contribution in [2.24, 2.45) is 40.1 Å². The van der Waals surface area contributed by atoms with Gasteiger partial charge in [-0.3, -0.25) is 34.2 Å². The number of hydroxylamine groups is 1. The Bertz CT molecular complexity index is 1520. The second-order valence-electron chi connectivity index (χ2n) is 12.9. The van der Waals surface area contributed by atoms with E-state index in [0.29, 0.717) is 48.6 Å². The Labute approximate surface area is 302 Å². The lowest BCUT2D eigenvalue weighted by Gasteiger charge is -2.29. The molecule has 1 aromatic heterocycles. The van der Waals surface area contributed by atoms with Crippen LogP contribution in [-0.2, 0) is 25.6 Å². The predicted octanol–water partition coefficient (Wildman–Crippen LogP) is -0.564. The van der Waals surface area contributed by atoms with Gasteiger partial charge in [0.25, 0.3) is 5.91 Å². The number of carbonyl (C=O) groups excluding carboxylic acids is 5. The van der Waals surface area contributed by atoms with Gasteiger partial charge >= 0.3 is 0 Å². The van der Waals surface area contributed by atoms with Crippen LogP contribution in [0.2, 0.25) is 0 Å². The zero-order valence-electron chi connectivity index (χ0n) is 29.5. The maximum absolute atomic E-state index is 14.0. The summed E-state index contributed by atoms with van der Waals surface area (Å²) in [5.74, 6) is 1.61. The monoisotopic (exact) mass is 725 g/mol. The zero-order valence-corrected chi connectivity index (χ0v) is 29.5. The van der Waals surface area contributed by atoms with Gasteiger partial charge in [0.2, 0.25) is 23.6 Å². The van der Waals surface area contributed by atoms with Crippen molar-refractivity contribution in [3.63, 3.8) is 0 Å². The molecular weight excluding hydrogens is 674 g/mol. The SMILES string of the molecule is CC(C)C[C@H]1C(=O)NC(C(=O)N[C@@H](CCCN=C(N)N)C(=O)NCCNC(=O)c2ccc(NN)nc2)Cc2ccc(cc2)OCCC[C@@H]1C(=O)NO. The van der Waals surface area contributed by atoms with Crippen LogP contribution < -0.4 is 54.2 Å². The summed E-state index contributed by atoms with van der Waals surface area (Å²) in [6, 6.07) is 7.95. The van der Waals surface area contributed by atoms with Crippen molar-refractivity contribution in [3.05, 3.63) is 53.7 Å². The number of hydrogen-bond donors (Lipinski definition) is 10. The summed E-state index contributed by atoms with van der Waals surface area (Å²) in [5, 5.41) is 20.6. The first-order chi connectivity index (χ1) is 24.9. The predicted molar refractivity (Wildman–Crippen MR) is 192 cm³/mol.